The van der Waals surface area contributed by atoms with Crippen LogP contribution in [0, 0.1) is 0 Å². The molecule has 0 N–H and O–H groups in total. The molecule has 94 valence electrons. The van der Waals surface area contributed by atoms with Gasteiger partial charge in [0.1, 0.15) is 5.82 Å². The molecule has 0 bridgehead atoms. The van der Waals surface area contributed by atoms with E-state index in [-0.39, 0.29) is 0 Å². The number of aromatic nitrogens is 2. The molecule has 0 spiro atoms. The molecule has 3 rings (SSSR count). The summed E-state index contributed by atoms with van der Waals surface area (Å²) in [6, 6.07) is 0.611. The van der Waals surface area contributed by atoms with Crippen molar-refractivity contribution in [1.82, 2.24) is 14.5 Å². The van der Waals surface area contributed by atoms with Gasteiger partial charge in [0.2, 0.25) is 0 Å². The highest BCUT2D eigenvalue weighted by Gasteiger charge is 2.29. The first-order valence-corrected chi connectivity index (χ1v) is 6.72. The minimum atomic E-state index is 0.516. The number of hydrogen-bond acceptors (Lipinski definition) is 3. The summed E-state index contributed by atoms with van der Waals surface area (Å²) in [5.41, 5.74) is 0. The Balaban J connectivity index is 1.65. The Morgan fingerprint density at radius 1 is 1.53 bits per heavy atom. The molecular weight excluding hydrogens is 214 g/mol. The van der Waals surface area contributed by atoms with Crippen LogP contribution in [0.3, 0.4) is 0 Å². The number of epoxide rings is 1. The highest BCUT2D eigenvalue weighted by molar-refractivity contribution is 4.96. The van der Waals surface area contributed by atoms with Crippen LogP contribution in [0.25, 0.3) is 0 Å². The Labute approximate surface area is 103 Å². The Bertz CT molecular complexity index is 372. The molecule has 4 heteroatoms. The van der Waals surface area contributed by atoms with Crippen molar-refractivity contribution in [3.8, 4) is 0 Å². The van der Waals surface area contributed by atoms with Crippen LogP contribution in [-0.2, 0) is 11.2 Å². The van der Waals surface area contributed by atoms with Crippen molar-refractivity contribution < 1.29 is 4.74 Å². The first-order valence-electron chi connectivity index (χ1n) is 6.72. The van der Waals surface area contributed by atoms with Gasteiger partial charge in [0, 0.05) is 37.9 Å². The monoisotopic (exact) mass is 235 g/mol. The third-order valence-electron chi connectivity index (χ3n) is 3.80. The van der Waals surface area contributed by atoms with Crippen molar-refractivity contribution in [2.45, 2.75) is 38.3 Å². The summed E-state index contributed by atoms with van der Waals surface area (Å²) in [6.45, 7) is 6.65. The molecule has 0 unspecified atom stereocenters. The summed E-state index contributed by atoms with van der Waals surface area (Å²) < 4.78 is 7.70. The number of ether oxygens (including phenoxy) is 1. The molecule has 0 aromatic carbocycles. The van der Waals surface area contributed by atoms with Crippen LogP contribution in [0.2, 0.25) is 0 Å². The average Bonchev–Trinajstić information content (AvgIpc) is 3.04. The quantitative estimate of drug-likeness (QED) is 0.741. The standard InChI is InChI=1S/C13H21N3O/c1-2-13-14-5-7-16(13)11-4-3-6-15(8-11)9-12-10-17-12/h5,7,11-12H,2-4,6,8-10H2,1H3/t11-,12-/m1/s1. The zero-order valence-corrected chi connectivity index (χ0v) is 10.5. The molecule has 1 aromatic heterocycles. The molecule has 2 aliphatic heterocycles. The van der Waals surface area contributed by atoms with Gasteiger partial charge >= 0.3 is 0 Å². The molecule has 2 saturated heterocycles. The summed E-state index contributed by atoms with van der Waals surface area (Å²) in [5.74, 6) is 1.22. The summed E-state index contributed by atoms with van der Waals surface area (Å²) >= 11 is 0. The van der Waals surface area contributed by atoms with E-state index in [1.807, 2.05) is 6.20 Å². The molecule has 0 aliphatic carbocycles. The Hall–Kier alpha value is -0.870. The molecule has 17 heavy (non-hydrogen) atoms. The van der Waals surface area contributed by atoms with Gasteiger partial charge in [-0.2, -0.15) is 0 Å². The molecule has 2 fully saturated rings. The summed E-state index contributed by atoms with van der Waals surface area (Å²) in [5, 5.41) is 0. The normalized spacial score (nSPS) is 29.5. The smallest absolute Gasteiger partial charge is 0.108 e. The number of nitrogens with zero attached hydrogens (tertiary/aromatic N) is 3. The predicted octanol–water partition coefficient (Wildman–Crippen LogP) is 1.48. The van der Waals surface area contributed by atoms with Crippen molar-refractivity contribution in [2.75, 3.05) is 26.2 Å². The van der Waals surface area contributed by atoms with Crippen molar-refractivity contribution >= 4 is 0 Å². The van der Waals surface area contributed by atoms with Crippen molar-refractivity contribution in [3.63, 3.8) is 0 Å². The Kier molecular flexibility index (Phi) is 3.16. The Morgan fingerprint density at radius 2 is 2.41 bits per heavy atom. The van der Waals surface area contributed by atoms with Crippen LogP contribution in [0.4, 0.5) is 0 Å². The number of aryl methyl sites for hydroxylation is 1. The minimum absolute atomic E-state index is 0.516. The third kappa shape index (κ3) is 2.53. The minimum Gasteiger partial charge on any atom is -0.372 e. The molecule has 3 heterocycles. The lowest BCUT2D eigenvalue weighted by Crippen LogP contribution is -2.39. The second kappa shape index (κ2) is 4.78. The number of piperidine rings is 1. The van der Waals surface area contributed by atoms with Gasteiger partial charge in [-0.05, 0) is 19.4 Å². The van der Waals surface area contributed by atoms with Crippen molar-refractivity contribution in [3.05, 3.63) is 18.2 Å². The van der Waals surface area contributed by atoms with E-state index >= 15 is 0 Å². The third-order valence-corrected chi connectivity index (χ3v) is 3.80. The number of hydrogen-bond donors (Lipinski definition) is 0. The van der Waals surface area contributed by atoms with Gasteiger partial charge < -0.3 is 9.30 Å². The van der Waals surface area contributed by atoms with Gasteiger partial charge in [-0.15, -0.1) is 0 Å². The highest BCUT2D eigenvalue weighted by Crippen LogP contribution is 2.24. The van der Waals surface area contributed by atoms with E-state index in [1.165, 1.54) is 25.2 Å². The second-order valence-electron chi connectivity index (χ2n) is 5.12. The number of imidazole rings is 1. The molecule has 0 radical (unpaired) electrons. The van der Waals surface area contributed by atoms with Crippen LogP contribution in [0.1, 0.15) is 31.6 Å². The van der Waals surface area contributed by atoms with Crippen LogP contribution in [0.15, 0.2) is 12.4 Å². The first-order chi connectivity index (χ1) is 8.36. The maximum atomic E-state index is 5.32. The van der Waals surface area contributed by atoms with Crippen molar-refractivity contribution in [1.29, 1.82) is 0 Å². The van der Waals surface area contributed by atoms with E-state index in [1.54, 1.807) is 0 Å². The summed E-state index contributed by atoms with van der Waals surface area (Å²) in [7, 11) is 0. The largest absolute Gasteiger partial charge is 0.372 e. The van der Waals surface area contributed by atoms with Gasteiger partial charge in [-0.1, -0.05) is 6.92 Å². The SMILES string of the molecule is CCc1nccn1[C@@H]1CCCN(C[C@@H]2CO2)C1. The van der Waals surface area contributed by atoms with Gasteiger partial charge in [0.05, 0.1) is 12.7 Å². The van der Waals surface area contributed by atoms with Gasteiger partial charge in [0.15, 0.2) is 0 Å². The van der Waals surface area contributed by atoms with Gasteiger partial charge in [-0.3, -0.25) is 4.90 Å². The van der Waals surface area contributed by atoms with E-state index < -0.39 is 0 Å². The predicted molar refractivity (Wildman–Crippen MR) is 66.1 cm³/mol. The Morgan fingerprint density at radius 3 is 3.18 bits per heavy atom. The fourth-order valence-corrected chi connectivity index (χ4v) is 2.84. The maximum absolute atomic E-state index is 5.32. The number of rotatable bonds is 4. The molecule has 4 nitrogen and oxygen atoms in total. The van der Waals surface area contributed by atoms with E-state index in [4.69, 9.17) is 4.74 Å². The van der Waals surface area contributed by atoms with Crippen molar-refractivity contribution in [2.24, 2.45) is 0 Å². The van der Waals surface area contributed by atoms with Gasteiger partial charge in [-0.25, -0.2) is 4.98 Å². The summed E-state index contributed by atoms with van der Waals surface area (Å²) in [4.78, 5) is 6.97. The van der Waals surface area contributed by atoms with E-state index in [0.29, 0.717) is 12.1 Å². The molecule has 0 saturated carbocycles. The van der Waals surface area contributed by atoms with Crippen LogP contribution >= 0.6 is 0 Å². The molecular formula is C13H21N3O. The van der Waals surface area contributed by atoms with E-state index in [2.05, 4.69) is 27.6 Å². The first kappa shape index (κ1) is 11.2. The average molecular weight is 235 g/mol. The van der Waals surface area contributed by atoms with Crippen LogP contribution < -0.4 is 0 Å². The van der Waals surface area contributed by atoms with E-state index in [9.17, 15) is 0 Å². The van der Waals surface area contributed by atoms with E-state index in [0.717, 1.165) is 26.1 Å². The number of likely N-dealkylation sites (tertiary alicyclic amines) is 1. The highest BCUT2D eigenvalue weighted by atomic mass is 16.6. The van der Waals surface area contributed by atoms with Gasteiger partial charge in [0.25, 0.3) is 0 Å². The fraction of sp³-hybridized carbons (Fsp3) is 0.769. The molecule has 0 amide bonds. The zero-order valence-electron chi connectivity index (χ0n) is 10.5. The lowest BCUT2D eigenvalue weighted by atomic mass is 10.1. The van der Waals surface area contributed by atoms with Crippen LogP contribution in [-0.4, -0.2) is 46.8 Å². The van der Waals surface area contributed by atoms with Crippen LogP contribution in [0.5, 0.6) is 0 Å². The topological polar surface area (TPSA) is 33.6 Å². The zero-order chi connectivity index (χ0) is 11.7. The lowest BCUT2D eigenvalue weighted by Gasteiger charge is -2.33. The molecule has 2 atom stereocenters. The second-order valence-corrected chi connectivity index (χ2v) is 5.12. The fourth-order valence-electron chi connectivity index (χ4n) is 2.84. The molecule has 1 aromatic rings. The lowest BCUT2D eigenvalue weighted by molar-refractivity contribution is 0.162. The molecule has 2 aliphatic rings. The maximum Gasteiger partial charge on any atom is 0.108 e. The summed E-state index contributed by atoms with van der Waals surface area (Å²) in [6.07, 6.45) is 8.18.